The molecule has 1 fully saturated rings. The van der Waals surface area contributed by atoms with E-state index in [1.165, 1.54) is 12.1 Å². The molecular weight excluding hydrogens is 247 g/mol. The summed E-state index contributed by atoms with van der Waals surface area (Å²) in [4.78, 5) is 13.9. The molecule has 1 saturated heterocycles. The molecule has 19 heavy (non-hydrogen) atoms. The third kappa shape index (κ3) is 4.29. The van der Waals surface area contributed by atoms with Gasteiger partial charge < -0.3 is 10.4 Å². The first-order valence-corrected chi connectivity index (χ1v) is 6.56. The van der Waals surface area contributed by atoms with E-state index >= 15 is 0 Å². The number of halogens is 1. The van der Waals surface area contributed by atoms with Crippen LogP contribution in [-0.4, -0.2) is 42.2 Å². The molecule has 5 heteroatoms. The Bertz CT molecular complexity index is 439. The lowest BCUT2D eigenvalue weighted by Gasteiger charge is -2.31. The maximum Gasteiger partial charge on any atom is 0.238 e. The lowest BCUT2D eigenvalue weighted by molar-refractivity contribution is -0.117. The summed E-state index contributed by atoms with van der Waals surface area (Å²) in [5, 5.41) is 11.8. The van der Waals surface area contributed by atoms with E-state index in [-0.39, 0.29) is 30.8 Å². The lowest BCUT2D eigenvalue weighted by atomic mass is 9.99. The fraction of sp³-hybridized carbons (Fsp3) is 0.500. The van der Waals surface area contributed by atoms with Gasteiger partial charge in [-0.05, 0) is 43.5 Å². The molecule has 0 aliphatic carbocycles. The third-order valence-electron chi connectivity index (χ3n) is 3.34. The van der Waals surface area contributed by atoms with Gasteiger partial charge in [0.25, 0.3) is 0 Å². The molecule has 0 bridgehead atoms. The number of nitrogens with one attached hydrogen (secondary N) is 1. The molecule has 2 rings (SSSR count). The van der Waals surface area contributed by atoms with Crippen molar-refractivity contribution < 1.29 is 14.3 Å². The Balaban J connectivity index is 1.84. The normalized spacial score (nSPS) is 20.2. The highest BCUT2D eigenvalue weighted by Gasteiger charge is 2.20. The second kappa shape index (κ2) is 6.63. The highest BCUT2D eigenvalue weighted by molar-refractivity contribution is 5.92. The number of rotatable bonds is 4. The molecular formula is C14H19FN2O2. The highest BCUT2D eigenvalue weighted by atomic mass is 19.1. The van der Waals surface area contributed by atoms with Crippen LogP contribution in [0.4, 0.5) is 10.1 Å². The van der Waals surface area contributed by atoms with Crippen LogP contribution in [0.5, 0.6) is 0 Å². The number of carbonyl (C=O) groups is 1. The van der Waals surface area contributed by atoms with E-state index in [1.54, 1.807) is 12.1 Å². The SMILES string of the molecule is O=C(CN1CCCC(CO)C1)Nc1cccc(F)c1. The van der Waals surface area contributed by atoms with Gasteiger partial charge in [-0.15, -0.1) is 0 Å². The molecule has 1 atom stereocenters. The first-order valence-electron chi connectivity index (χ1n) is 6.56. The van der Waals surface area contributed by atoms with Crippen LogP contribution in [0.1, 0.15) is 12.8 Å². The van der Waals surface area contributed by atoms with Crippen molar-refractivity contribution in [2.24, 2.45) is 5.92 Å². The summed E-state index contributed by atoms with van der Waals surface area (Å²) in [5.74, 6) is -0.254. The van der Waals surface area contributed by atoms with Crippen molar-refractivity contribution in [3.8, 4) is 0 Å². The Morgan fingerprint density at radius 2 is 2.37 bits per heavy atom. The first kappa shape index (κ1) is 14.0. The molecule has 1 aromatic carbocycles. The highest BCUT2D eigenvalue weighted by Crippen LogP contribution is 2.15. The molecule has 0 radical (unpaired) electrons. The number of amides is 1. The summed E-state index contributed by atoms with van der Waals surface area (Å²) in [6, 6.07) is 5.86. The van der Waals surface area contributed by atoms with Crippen molar-refractivity contribution in [1.82, 2.24) is 4.90 Å². The van der Waals surface area contributed by atoms with Crippen LogP contribution in [0.15, 0.2) is 24.3 Å². The molecule has 1 heterocycles. The Morgan fingerprint density at radius 3 is 3.11 bits per heavy atom. The van der Waals surface area contributed by atoms with Crippen molar-refractivity contribution in [2.45, 2.75) is 12.8 Å². The summed E-state index contributed by atoms with van der Waals surface area (Å²) in [6.07, 6.45) is 2.01. The minimum atomic E-state index is -0.365. The number of likely N-dealkylation sites (tertiary alicyclic amines) is 1. The zero-order chi connectivity index (χ0) is 13.7. The number of aliphatic hydroxyl groups is 1. The van der Waals surface area contributed by atoms with E-state index < -0.39 is 0 Å². The van der Waals surface area contributed by atoms with Crippen molar-refractivity contribution in [3.05, 3.63) is 30.1 Å². The van der Waals surface area contributed by atoms with E-state index in [1.807, 2.05) is 4.90 Å². The van der Waals surface area contributed by atoms with Gasteiger partial charge in [0.1, 0.15) is 5.82 Å². The molecule has 0 spiro atoms. The molecule has 0 aromatic heterocycles. The van der Waals surface area contributed by atoms with E-state index in [9.17, 15) is 9.18 Å². The van der Waals surface area contributed by atoms with Crippen molar-refractivity contribution >= 4 is 11.6 Å². The van der Waals surface area contributed by atoms with Crippen LogP contribution in [0.3, 0.4) is 0 Å². The Labute approximate surface area is 112 Å². The smallest absolute Gasteiger partial charge is 0.238 e. The fourth-order valence-electron chi connectivity index (χ4n) is 2.41. The standard InChI is InChI=1S/C14H19FN2O2/c15-12-4-1-5-13(7-12)16-14(19)9-17-6-2-3-11(8-17)10-18/h1,4-5,7,11,18H,2-3,6,8-10H2,(H,16,19). The number of hydrogen-bond donors (Lipinski definition) is 2. The Hall–Kier alpha value is -1.46. The lowest BCUT2D eigenvalue weighted by Crippen LogP contribution is -2.41. The van der Waals surface area contributed by atoms with Crippen molar-refractivity contribution in [3.63, 3.8) is 0 Å². The molecule has 1 aliphatic rings. The van der Waals surface area contributed by atoms with Crippen molar-refractivity contribution in [2.75, 3.05) is 31.6 Å². The molecule has 104 valence electrons. The Morgan fingerprint density at radius 1 is 1.53 bits per heavy atom. The van der Waals surface area contributed by atoms with Gasteiger partial charge >= 0.3 is 0 Å². The van der Waals surface area contributed by atoms with Crippen LogP contribution in [0.2, 0.25) is 0 Å². The molecule has 4 nitrogen and oxygen atoms in total. The first-order chi connectivity index (χ1) is 9.17. The molecule has 1 amide bonds. The zero-order valence-corrected chi connectivity index (χ0v) is 10.8. The number of piperidine rings is 1. The van der Waals surface area contributed by atoms with Crippen LogP contribution in [0.25, 0.3) is 0 Å². The van der Waals surface area contributed by atoms with Gasteiger partial charge in [0.2, 0.25) is 5.91 Å². The number of benzene rings is 1. The van der Waals surface area contributed by atoms with Gasteiger partial charge in [-0.25, -0.2) is 4.39 Å². The summed E-state index contributed by atoms with van der Waals surface area (Å²) < 4.78 is 13.0. The topological polar surface area (TPSA) is 52.6 Å². The van der Waals surface area contributed by atoms with E-state index in [2.05, 4.69) is 5.32 Å². The number of carbonyl (C=O) groups excluding carboxylic acids is 1. The van der Waals surface area contributed by atoms with Gasteiger partial charge in [-0.2, -0.15) is 0 Å². The summed E-state index contributed by atoms with van der Waals surface area (Å²) >= 11 is 0. The van der Waals surface area contributed by atoms with E-state index in [4.69, 9.17) is 5.11 Å². The van der Waals surface area contributed by atoms with Crippen LogP contribution >= 0.6 is 0 Å². The van der Waals surface area contributed by atoms with Crippen LogP contribution < -0.4 is 5.32 Å². The quantitative estimate of drug-likeness (QED) is 0.867. The van der Waals surface area contributed by atoms with Crippen LogP contribution in [0, 0.1) is 11.7 Å². The number of aliphatic hydroxyl groups excluding tert-OH is 1. The average molecular weight is 266 g/mol. The van der Waals surface area contributed by atoms with Gasteiger partial charge in [0, 0.05) is 18.8 Å². The molecule has 0 saturated carbocycles. The minimum Gasteiger partial charge on any atom is -0.396 e. The van der Waals surface area contributed by atoms with E-state index in [0.717, 1.165) is 25.9 Å². The van der Waals surface area contributed by atoms with Gasteiger partial charge in [0.05, 0.1) is 6.54 Å². The van der Waals surface area contributed by atoms with Crippen molar-refractivity contribution in [1.29, 1.82) is 0 Å². The Kier molecular flexibility index (Phi) is 4.87. The fourth-order valence-corrected chi connectivity index (χ4v) is 2.41. The third-order valence-corrected chi connectivity index (χ3v) is 3.34. The van der Waals surface area contributed by atoms with Gasteiger partial charge in [-0.1, -0.05) is 6.07 Å². The largest absolute Gasteiger partial charge is 0.396 e. The minimum absolute atomic E-state index is 0.149. The zero-order valence-electron chi connectivity index (χ0n) is 10.8. The molecule has 1 aliphatic heterocycles. The van der Waals surface area contributed by atoms with Gasteiger partial charge in [-0.3, -0.25) is 9.69 Å². The maximum absolute atomic E-state index is 13.0. The predicted octanol–water partition coefficient (Wildman–Crippen LogP) is 1.47. The second-order valence-corrected chi connectivity index (χ2v) is 4.98. The number of anilines is 1. The van der Waals surface area contributed by atoms with Gasteiger partial charge in [0.15, 0.2) is 0 Å². The maximum atomic E-state index is 13.0. The second-order valence-electron chi connectivity index (χ2n) is 4.98. The molecule has 1 unspecified atom stereocenters. The summed E-state index contributed by atoms with van der Waals surface area (Å²) in [6.45, 7) is 2.06. The molecule has 2 N–H and O–H groups in total. The average Bonchev–Trinajstić information content (AvgIpc) is 2.38. The monoisotopic (exact) mass is 266 g/mol. The number of hydrogen-bond acceptors (Lipinski definition) is 3. The molecule has 1 aromatic rings. The summed E-state index contributed by atoms with van der Waals surface area (Å²) in [5.41, 5.74) is 0.473. The predicted molar refractivity (Wildman–Crippen MR) is 71.3 cm³/mol. The summed E-state index contributed by atoms with van der Waals surface area (Å²) in [7, 11) is 0. The van der Waals surface area contributed by atoms with Crippen LogP contribution in [-0.2, 0) is 4.79 Å². The number of nitrogens with zero attached hydrogens (tertiary/aromatic N) is 1. The van der Waals surface area contributed by atoms with E-state index in [0.29, 0.717) is 5.69 Å².